The van der Waals surface area contributed by atoms with E-state index in [-0.39, 0.29) is 5.91 Å². The summed E-state index contributed by atoms with van der Waals surface area (Å²) in [5.41, 5.74) is 5.52. The van der Waals surface area contributed by atoms with Crippen LogP contribution < -0.4 is 14.8 Å². The van der Waals surface area contributed by atoms with Crippen LogP contribution in [0.5, 0.6) is 11.5 Å². The number of carbonyl (C=O) groups excluding carboxylic acids is 1. The lowest BCUT2D eigenvalue weighted by molar-refractivity contribution is 0.102. The van der Waals surface area contributed by atoms with E-state index in [1.165, 1.54) is 0 Å². The predicted molar refractivity (Wildman–Crippen MR) is 149 cm³/mol. The van der Waals surface area contributed by atoms with E-state index in [4.69, 9.17) is 9.47 Å². The molecule has 1 saturated heterocycles. The number of piperidine rings is 1. The molecule has 1 fully saturated rings. The third-order valence-corrected chi connectivity index (χ3v) is 6.83. The molecule has 4 aromatic carbocycles. The van der Waals surface area contributed by atoms with Crippen molar-refractivity contribution in [1.29, 1.82) is 0 Å². The van der Waals surface area contributed by atoms with Crippen molar-refractivity contribution in [2.45, 2.75) is 18.9 Å². The van der Waals surface area contributed by atoms with E-state index in [0.717, 1.165) is 65.4 Å². The predicted octanol–water partition coefficient (Wildman–Crippen LogP) is 6.75. The minimum atomic E-state index is -0.145. The molecule has 1 heterocycles. The van der Waals surface area contributed by atoms with Gasteiger partial charge in [-0.25, -0.2) is 0 Å². The molecule has 0 radical (unpaired) electrons. The Hall–Kier alpha value is -4.09. The second-order valence-corrected chi connectivity index (χ2v) is 9.49. The van der Waals surface area contributed by atoms with Gasteiger partial charge in [0.2, 0.25) is 0 Å². The van der Waals surface area contributed by atoms with Crippen molar-refractivity contribution >= 4 is 11.6 Å². The van der Waals surface area contributed by atoms with E-state index in [2.05, 4.69) is 29.4 Å². The number of nitrogens with one attached hydrogen (secondary N) is 1. The van der Waals surface area contributed by atoms with Gasteiger partial charge in [-0.2, -0.15) is 0 Å². The van der Waals surface area contributed by atoms with Crippen LogP contribution in [0.2, 0.25) is 0 Å². The fraction of sp³-hybridized carbons (Fsp3) is 0.219. The highest BCUT2D eigenvalue weighted by Crippen LogP contribution is 2.27. The number of hydrogen-bond acceptors (Lipinski definition) is 4. The minimum Gasteiger partial charge on any atom is -0.497 e. The Morgan fingerprint density at radius 2 is 1.38 bits per heavy atom. The van der Waals surface area contributed by atoms with Crippen LogP contribution in [0.4, 0.5) is 5.69 Å². The number of likely N-dealkylation sites (tertiary alicyclic amines) is 1. The lowest BCUT2D eigenvalue weighted by Gasteiger charge is -2.29. The maximum atomic E-state index is 12.9. The number of hydrogen-bond donors (Lipinski definition) is 1. The molecule has 0 aliphatic carbocycles. The minimum absolute atomic E-state index is 0.145. The van der Waals surface area contributed by atoms with Crippen molar-refractivity contribution in [3.63, 3.8) is 0 Å². The molecule has 0 aromatic heterocycles. The summed E-state index contributed by atoms with van der Waals surface area (Å²) in [7, 11) is 3.80. The Bertz CT molecular complexity index is 1340. The van der Waals surface area contributed by atoms with Gasteiger partial charge < -0.3 is 19.7 Å². The molecule has 1 aliphatic heterocycles. The van der Waals surface area contributed by atoms with Crippen molar-refractivity contribution in [2.24, 2.45) is 0 Å². The van der Waals surface area contributed by atoms with E-state index < -0.39 is 0 Å². The average molecular weight is 493 g/mol. The maximum absolute atomic E-state index is 12.9. The third kappa shape index (κ3) is 6.19. The first-order chi connectivity index (χ1) is 18.1. The van der Waals surface area contributed by atoms with Gasteiger partial charge >= 0.3 is 0 Å². The second kappa shape index (κ2) is 11.3. The molecule has 37 heavy (non-hydrogen) atoms. The zero-order valence-corrected chi connectivity index (χ0v) is 21.3. The highest BCUT2D eigenvalue weighted by atomic mass is 16.5. The van der Waals surface area contributed by atoms with Crippen LogP contribution in [0.1, 0.15) is 23.2 Å². The maximum Gasteiger partial charge on any atom is 0.255 e. The Labute approximate surface area is 218 Å². The number of ether oxygens (including phenoxy) is 2. The molecule has 4 aromatic rings. The monoisotopic (exact) mass is 492 g/mol. The zero-order chi connectivity index (χ0) is 25.6. The Kier molecular flexibility index (Phi) is 7.52. The summed E-state index contributed by atoms with van der Waals surface area (Å²) in [6, 6.07) is 31.6. The summed E-state index contributed by atoms with van der Waals surface area (Å²) in [5, 5.41) is 3.01. The van der Waals surface area contributed by atoms with Crippen molar-refractivity contribution in [2.75, 3.05) is 32.6 Å². The van der Waals surface area contributed by atoms with Gasteiger partial charge in [-0.15, -0.1) is 0 Å². The second-order valence-electron chi connectivity index (χ2n) is 9.49. The van der Waals surface area contributed by atoms with Gasteiger partial charge in [0.05, 0.1) is 7.11 Å². The standard InChI is InChI=1S/C32H32N2O3/c1-34-19-17-30(18-20-34)37-29-15-11-24(12-16-29)23-9-13-28(14-10-23)33-32(35)27-7-3-5-25(21-27)26-6-4-8-31(22-26)36-2/h3-16,21-22,30H,17-20H2,1-2H3,(H,33,35). The molecule has 1 aliphatic rings. The largest absolute Gasteiger partial charge is 0.497 e. The molecule has 5 heteroatoms. The summed E-state index contributed by atoms with van der Waals surface area (Å²) < 4.78 is 11.5. The number of carbonyl (C=O) groups is 1. The number of rotatable bonds is 7. The van der Waals surface area contributed by atoms with Gasteiger partial charge in [0.15, 0.2) is 0 Å². The molecule has 0 saturated carbocycles. The first-order valence-corrected chi connectivity index (χ1v) is 12.7. The quantitative estimate of drug-likeness (QED) is 0.310. The SMILES string of the molecule is COc1cccc(-c2cccc(C(=O)Nc3ccc(-c4ccc(OC5CCN(C)CC5)cc4)cc3)c2)c1. The summed E-state index contributed by atoms with van der Waals surface area (Å²) in [4.78, 5) is 15.3. The number of benzene rings is 4. The van der Waals surface area contributed by atoms with Crippen molar-refractivity contribution in [3.05, 3.63) is 103 Å². The zero-order valence-electron chi connectivity index (χ0n) is 21.3. The topological polar surface area (TPSA) is 50.8 Å². The fourth-order valence-electron chi connectivity index (χ4n) is 4.61. The molecule has 5 rings (SSSR count). The van der Waals surface area contributed by atoms with Crippen LogP contribution in [0.3, 0.4) is 0 Å². The van der Waals surface area contributed by atoms with Crippen LogP contribution in [-0.2, 0) is 0 Å². The smallest absolute Gasteiger partial charge is 0.255 e. The number of methoxy groups -OCH3 is 1. The van der Waals surface area contributed by atoms with Crippen LogP contribution in [0.25, 0.3) is 22.3 Å². The van der Waals surface area contributed by atoms with Crippen LogP contribution >= 0.6 is 0 Å². The number of amides is 1. The van der Waals surface area contributed by atoms with Gasteiger partial charge in [-0.05, 0) is 90.7 Å². The summed E-state index contributed by atoms with van der Waals surface area (Å²) in [6.07, 6.45) is 2.43. The van der Waals surface area contributed by atoms with Gasteiger partial charge in [0, 0.05) is 24.3 Å². The number of nitrogens with zero attached hydrogens (tertiary/aromatic N) is 1. The van der Waals surface area contributed by atoms with Crippen molar-refractivity contribution in [3.8, 4) is 33.8 Å². The normalized spacial score (nSPS) is 14.2. The molecule has 5 nitrogen and oxygen atoms in total. The van der Waals surface area contributed by atoms with Crippen LogP contribution in [0, 0.1) is 0 Å². The lowest BCUT2D eigenvalue weighted by Crippen LogP contribution is -2.35. The van der Waals surface area contributed by atoms with Crippen molar-refractivity contribution < 1.29 is 14.3 Å². The Morgan fingerprint density at radius 1 is 0.757 bits per heavy atom. The molecular weight excluding hydrogens is 460 g/mol. The van der Waals surface area contributed by atoms with Gasteiger partial charge in [-0.3, -0.25) is 4.79 Å². The summed E-state index contributed by atoms with van der Waals surface area (Å²) in [5.74, 6) is 1.55. The molecule has 0 atom stereocenters. The fourth-order valence-corrected chi connectivity index (χ4v) is 4.61. The van der Waals surface area contributed by atoms with Gasteiger partial charge in [0.1, 0.15) is 17.6 Å². The molecule has 0 unspecified atom stereocenters. The number of anilines is 1. The average Bonchev–Trinajstić information content (AvgIpc) is 2.95. The highest BCUT2D eigenvalue weighted by molar-refractivity contribution is 6.05. The van der Waals surface area contributed by atoms with Gasteiger partial charge in [0.25, 0.3) is 5.91 Å². The first-order valence-electron chi connectivity index (χ1n) is 12.7. The summed E-state index contributed by atoms with van der Waals surface area (Å²) >= 11 is 0. The Morgan fingerprint density at radius 3 is 2.05 bits per heavy atom. The first kappa shape index (κ1) is 24.6. The van der Waals surface area contributed by atoms with Crippen LogP contribution in [0.15, 0.2) is 97.1 Å². The molecule has 0 spiro atoms. The van der Waals surface area contributed by atoms with Crippen molar-refractivity contribution in [1.82, 2.24) is 4.90 Å². The molecule has 188 valence electrons. The van der Waals surface area contributed by atoms with Crippen LogP contribution in [-0.4, -0.2) is 44.2 Å². The van der Waals surface area contributed by atoms with E-state index >= 15 is 0 Å². The Balaban J connectivity index is 1.21. The van der Waals surface area contributed by atoms with E-state index in [9.17, 15) is 4.79 Å². The van der Waals surface area contributed by atoms with Gasteiger partial charge in [-0.1, -0.05) is 48.5 Å². The highest BCUT2D eigenvalue weighted by Gasteiger charge is 2.18. The lowest BCUT2D eigenvalue weighted by atomic mass is 10.0. The van der Waals surface area contributed by atoms with E-state index in [0.29, 0.717) is 11.7 Å². The van der Waals surface area contributed by atoms with E-state index in [1.807, 2.05) is 84.9 Å². The molecule has 0 bridgehead atoms. The molecular formula is C32H32N2O3. The third-order valence-electron chi connectivity index (χ3n) is 6.83. The molecule has 1 amide bonds. The molecule has 1 N–H and O–H groups in total. The summed E-state index contributed by atoms with van der Waals surface area (Å²) in [6.45, 7) is 2.17. The van der Waals surface area contributed by atoms with E-state index in [1.54, 1.807) is 7.11 Å².